The van der Waals surface area contributed by atoms with Crippen LogP contribution in [0.3, 0.4) is 0 Å². The molecule has 3 nitrogen and oxygen atoms in total. The van der Waals surface area contributed by atoms with Gasteiger partial charge in [0.2, 0.25) is 0 Å². The van der Waals surface area contributed by atoms with Crippen LogP contribution in [0.2, 0.25) is 0 Å². The first-order valence-corrected chi connectivity index (χ1v) is 5.27. The van der Waals surface area contributed by atoms with Gasteiger partial charge in [-0.05, 0) is 19.1 Å². The van der Waals surface area contributed by atoms with E-state index in [1.165, 1.54) is 6.07 Å². The molecular weight excluding hydrogens is 205 g/mol. The van der Waals surface area contributed by atoms with Crippen LogP contribution in [0.1, 0.15) is 12.6 Å². The molecule has 0 saturated carbocycles. The van der Waals surface area contributed by atoms with E-state index < -0.39 is 0 Å². The molecule has 0 saturated heterocycles. The van der Waals surface area contributed by atoms with Crippen molar-refractivity contribution < 1.29 is 4.39 Å². The minimum atomic E-state index is -0.258. The highest BCUT2D eigenvalue weighted by Gasteiger charge is 2.12. The molecule has 0 atom stereocenters. The van der Waals surface area contributed by atoms with E-state index in [1.807, 2.05) is 11.5 Å². The fourth-order valence-electron chi connectivity index (χ4n) is 1.78. The maximum absolute atomic E-state index is 13.6. The first-order chi connectivity index (χ1) is 7.77. The van der Waals surface area contributed by atoms with Gasteiger partial charge in [0.15, 0.2) is 0 Å². The summed E-state index contributed by atoms with van der Waals surface area (Å²) in [7, 11) is 0. The largest absolute Gasteiger partial charge is 0.327 e. The fourth-order valence-corrected chi connectivity index (χ4v) is 1.78. The summed E-state index contributed by atoms with van der Waals surface area (Å²) in [6, 6.07) is 6.63. The molecule has 2 rings (SSSR count). The van der Waals surface area contributed by atoms with Crippen molar-refractivity contribution in [2.24, 2.45) is 5.73 Å². The van der Waals surface area contributed by atoms with Gasteiger partial charge >= 0.3 is 0 Å². The third-order valence-electron chi connectivity index (χ3n) is 2.58. The van der Waals surface area contributed by atoms with Crippen LogP contribution < -0.4 is 5.73 Å². The quantitative estimate of drug-likeness (QED) is 0.859. The summed E-state index contributed by atoms with van der Waals surface area (Å²) in [5, 5.41) is 0. The van der Waals surface area contributed by atoms with Gasteiger partial charge in [-0.3, -0.25) is 0 Å². The molecule has 84 valence electrons. The first-order valence-electron chi connectivity index (χ1n) is 5.27. The van der Waals surface area contributed by atoms with E-state index in [0.717, 1.165) is 12.2 Å². The Kier molecular flexibility index (Phi) is 3.01. The number of nitrogens with zero attached hydrogens (tertiary/aromatic N) is 2. The van der Waals surface area contributed by atoms with Crippen molar-refractivity contribution in [2.45, 2.75) is 20.0 Å². The van der Waals surface area contributed by atoms with E-state index in [1.54, 1.807) is 24.4 Å². The van der Waals surface area contributed by atoms with E-state index >= 15 is 0 Å². The van der Waals surface area contributed by atoms with Gasteiger partial charge in [-0.25, -0.2) is 9.37 Å². The molecule has 0 aliphatic carbocycles. The van der Waals surface area contributed by atoms with E-state index in [0.29, 0.717) is 17.9 Å². The Morgan fingerprint density at radius 2 is 2.12 bits per heavy atom. The molecule has 1 aromatic carbocycles. The number of rotatable bonds is 3. The Hall–Kier alpha value is -1.68. The van der Waals surface area contributed by atoms with Crippen molar-refractivity contribution in [1.82, 2.24) is 9.55 Å². The molecule has 2 aromatic rings. The molecule has 0 amide bonds. The molecule has 2 N–H and O–H groups in total. The molecule has 1 heterocycles. The summed E-state index contributed by atoms with van der Waals surface area (Å²) >= 11 is 0. The Balaban J connectivity index is 2.56. The van der Waals surface area contributed by atoms with Crippen LogP contribution in [0.25, 0.3) is 11.4 Å². The van der Waals surface area contributed by atoms with E-state index in [-0.39, 0.29) is 5.82 Å². The lowest BCUT2D eigenvalue weighted by molar-refractivity contribution is 0.626. The van der Waals surface area contributed by atoms with E-state index in [9.17, 15) is 4.39 Å². The third-order valence-corrected chi connectivity index (χ3v) is 2.58. The molecular formula is C12H14FN3. The summed E-state index contributed by atoms with van der Waals surface area (Å²) in [5.74, 6) is 0.382. The second-order valence-electron chi connectivity index (χ2n) is 3.50. The molecule has 16 heavy (non-hydrogen) atoms. The van der Waals surface area contributed by atoms with Gasteiger partial charge in [0, 0.05) is 13.1 Å². The number of aromatic nitrogens is 2. The Bertz CT molecular complexity index is 491. The minimum absolute atomic E-state index is 0.258. The van der Waals surface area contributed by atoms with Gasteiger partial charge in [0.05, 0.1) is 17.5 Å². The lowest BCUT2D eigenvalue weighted by Gasteiger charge is -2.08. The van der Waals surface area contributed by atoms with E-state index in [2.05, 4.69) is 4.98 Å². The standard InChI is InChI=1S/C12H14FN3/c1-2-16-9(7-14)8-15-12(16)10-5-3-4-6-11(10)13/h3-6,8H,2,7,14H2,1H3. The van der Waals surface area contributed by atoms with Crippen molar-refractivity contribution in [3.8, 4) is 11.4 Å². The summed E-state index contributed by atoms with van der Waals surface area (Å²) in [6.45, 7) is 3.14. The Morgan fingerprint density at radius 1 is 1.38 bits per heavy atom. The zero-order valence-corrected chi connectivity index (χ0v) is 9.15. The average molecular weight is 219 g/mol. The number of halogens is 1. The fraction of sp³-hybridized carbons (Fsp3) is 0.250. The summed E-state index contributed by atoms with van der Waals surface area (Å²) in [4.78, 5) is 4.23. The van der Waals surface area contributed by atoms with Crippen LogP contribution in [0.4, 0.5) is 4.39 Å². The van der Waals surface area contributed by atoms with Crippen molar-refractivity contribution in [2.75, 3.05) is 0 Å². The van der Waals surface area contributed by atoms with Crippen LogP contribution in [-0.4, -0.2) is 9.55 Å². The predicted octanol–water partition coefficient (Wildman–Crippen LogP) is 2.17. The smallest absolute Gasteiger partial charge is 0.143 e. The third kappa shape index (κ3) is 1.72. The number of benzene rings is 1. The second kappa shape index (κ2) is 4.45. The molecule has 0 bridgehead atoms. The highest BCUT2D eigenvalue weighted by atomic mass is 19.1. The van der Waals surface area contributed by atoms with Crippen LogP contribution >= 0.6 is 0 Å². The van der Waals surface area contributed by atoms with Gasteiger partial charge in [0.25, 0.3) is 0 Å². The molecule has 0 aliphatic heterocycles. The first kappa shape index (κ1) is 10.8. The molecule has 0 fully saturated rings. The SMILES string of the molecule is CCn1c(CN)cnc1-c1ccccc1F. The van der Waals surface area contributed by atoms with Crippen LogP contribution in [0, 0.1) is 5.82 Å². The lowest BCUT2D eigenvalue weighted by atomic mass is 10.2. The Morgan fingerprint density at radius 3 is 2.75 bits per heavy atom. The van der Waals surface area contributed by atoms with Gasteiger partial charge in [-0.15, -0.1) is 0 Å². The molecule has 1 aromatic heterocycles. The molecule has 0 radical (unpaired) electrons. The monoisotopic (exact) mass is 219 g/mol. The number of nitrogens with two attached hydrogens (primary N) is 1. The average Bonchev–Trinajstić information content (AvgIpc) is 2.72. The molecule has 0 unspecified atom stereocenters. The van der Waals surface area contributed by atoms with Crippen LogP contribution in [0.5, 0.6) is 0 Å². The van der Waals surface area contributed by atoms with Gasteiger partial charge in [-0.1, -0.05) is 12.1 Å². The molecule has 4 heteroatoms. The zero-order chi connectivity index (χ0) is 11.5. The zero-order valence-electron chi connectivity index (χ0n) is 9.15. The van der Waals surface area contributed by atoms with Crippen molar-refractivity contribution in [3.63, 3.8) is 0 Å². The minimum Gasteiger partial charge on any atom is -0.327 e. The maximum atomic E-state index is 13.6. The van der Waals surface area contributed by atoms with Gasteiger partial charge in [0.1, 0.15) is 11.6 Å². The topological polar surface area (TPSA) is 43.8 Å². The Labute approximate surface area is 93.7 Å². The summed E-state index contributed by atoms with van der Waals surface area (Å²) < 4.78 is 15.5. The highest BCUT2D eigenvalue weighted by Crippen LogP contribution is 2.22. The van der Waals surface area contributed by atoms with E-state index in [4.69, 9.17) is 5.73 Å². The summed E-state index contributed by atoms with van der Waals surface area (Å²) in [6.07, 6.45) is 1.70. The second-order valence-corrected chi connectivity index (χ2v) is 3.50. The van der Waals surface area contributed by atoms with Crippen molar-refractivity contribution >= 4 is 0 Å². The van der Waals surface area contributed by atoms with Crippen LogP contribution in [-0.2, 0) is 13.1 Å². The van der Waals surface area contributed by atoms with Gasteiger partial charge < -0.3 is 10.3 Å². The predicted molar refractivity (Wildman–Crippen MR) is 61.2 cm³/mol. The van der Waals surface area contributed by atoms with Crippen molar-refractivity contribution in [1.29, 1.82) is 0 Å². The number of hydrogen-bond acceptors (Lipinski definition) is 2. The highest BCUT2D eigenvalue weighted by molar-refractivity contribution is 5.56. The van der Waals surface area contributed by atoms with Gasteiger partial charge in [-0.2, -0.15) is 0 Å². The normalized spacial score (nSPS) is 10.7. The maximum Gasteiger partial charge on any atom is 0.143 e. The summed E-state index contributed by atoms with van der Waals surface area (Å²) in [5.41, 5.74) is 7.04. The number of hydrogen-bond donors (Lipinski definition) is 1. The lowest BCUT2D eigenvalue weighted by Crippen LogP contribution is -2.07. The molecule has 0 aliphatic rings. The van der Waals surface area contributed by atoms with Crippen molar-refractivity contribution in [3.05, 3.63) is 42.0 Å². The molecule has 0 spiro atoms. The van der Waals surface area contributed by atoms with Crippen LogP contribution in [0.15, 0.2) is 30.5 Å². The number of imidazole rings is 1.